The van der Waals surface area contributed by atoms with Crippen molar-refractivity contribution in [3.8, 4) is 0 Å². The zero-order valence-electron chi connectivity index (χ0n) is 14.3. The summed E-state index contributed by atoms with van der Waals surface area (Å²) in [4.78, 5) is 77.0. The molecule has 148 valence electrons. The molecule has 4 fully saturated rings. The lowest BCUT2D eigenvalue weighted by Crippen LogP contribution is -2.72. The lowest BCUT2D eigenvalue weighted by Gasteiger charge is -2.30. The number of urea groups is 2. The third kappa shape index (κ3) is 2.46. The van der Waals surface area contributed by atoms with Crippen LogP contribution < -0.4 is 21.3 Å². The Balaban J connectivity index is 1.81. The molecule has 3 saturated heterocycles. The van der Waals surface area contributed by atoms with Crippen molar-refractivity contribution in [3.63, 3.8) is 0 Å². The van der Waals surface area contributed by atoms with E-state index in [9.17, 15) is 28.8 Å². The molecule has 0 aromatic rings. The highest BCUT2D eigenvalue weighted by atomic mass is 16.8. The van der Waals surface area contributed by atoms with Gasteiger partial charge in [-0.25, -0.2) is 14.6 Å². The Bertz CT molecular complexity index is 818. The van der Waals surface area contributed by atoms with Gasteiger partial charge >= 0.3 is 35.3 Å². The summed E-state index contributed by atoms with van der Waals surface area (Å²) in [6.45, 7) is 0. The average Bonchev–Trinajstić information content (AvgIpc) is 2.97. The molecule has 4 rings (SSSR count). The SMILES string of the molecule is O=C1NC(=O)C2(OC(=NC3CCCCC3)C3(O2)C(=O)NC(=O)NC3=O)C(=O)N1. The fourth-order valence-electron chi connectivity index (χ4n) is 3.48. The molecule has 13 nitrogen and oxygen atoms in total. The summed E-state index contributed by atoms with van der Waals surface area (Å²) in [6, 6.07) is -2.56. The van der Waals surface area contributed by atoms with Gasteiger partial charge in [-0.05, 0) is 12.8 Å². The van der Waals surface area contributed by atoms with Crippen molar-refractivity contribution < 1.29 is 38.2 Å². The van der Waals surface area contributed by atoms with Crippen LogP contribution in [0, 0.1) is 0 Å². The van der Waals surface area contributed by atoms with Crippen LogP contribution >= 0.6 is 0 Å². The summed E-state index contributed by atoms with van der Waals surface area (Å²) >= 11 is 0. The number of hydrogen-bond acceptors (Lipinski definition) is 9. The van der Waals surface area contributed by atoms with Crippen LogP contribution in [0.4, 0.5) is 9.59 Å². The number of nitrogens with zero attached hydrogens (tertiary/aromatic N) is 1. The van der Waals surface area contributed by atoms with Crippen LogP contribution in [0.3, 0.4) is 0 Å². The predicted octanol–water partition coefficient (Wildman–Crippen LogP) is -2.07. The first-order chi connectivity index (χ1) is 13.3. The molecule has 1 saturated carbocycles. The van der Waals surface area contributed by atoms with Crippen LogP contribution in [0.5, 0.6) is 0 Å². The first-order valence-corrected chi connectivity index (χ1v) is 8.59. The fraction of sp³-hybridized carbons (Fsp3) is 0.533. The van der Waals surface area contributed by atoms with Crippen molar-refractivity contribution in [2.24, 2.45) is 4.99 Å². The number of rotatable bonds is 1. The van der Waals surface area contributed by atoms with Crippen LogP contribution in [0.2, 0.25) is 0 Å². The lowest BCUT2D eigenvalue weighted by molar-refractivity contribution is -0.202. The van der Waals surface area contributed by atoms with E-state index in [-0.39, 0.29) is 6.04 Å². The summed E-state index contributed by atoms with van der Waals surface area (Å²) < 4.78 is 10.7. The van der Waals surface area contributed by atoms with E-state index in [1.54, 1.807) is 10.6 Å². The summed E-state index contributed by atoms with van der Waals surface area (Å²) in [6.07, 6.45) is 3.97. The second kappa shape index (κ2) is 6.09. The Labute approximate surface area is 156 Å². The number of aliphatic imine (C=N–C) groups is 1. The largest absolute Gasteiger partial charge is 0.428 e. The molecular formula is C15H15N5O8. The Hall–Kier alpha value is -3.35. The summed E-state index contributed by atoms with van der Waals surface area (Å²) in [5.41, 5.74) is -2.67. The van der Waals surface area contributed by atoms with E-state index >= 15 is 0 Å². The topological polar surface area (TPSA) is 181 Å². The molecular weight excluding hydrogens is 378 g/mol. The highest BCUT2D eigenvalue weighted by Crippen LogP contribution is 2.38. The maximum atomic E-state index is 12.6. The van der Waals surface area contributed by atoms with Gasteiger partial charge in [0.15, 0.2) is 0 Å². The molecule has 0 bridgehead atoms. The van der Waals surface area contributed by atoms with Crippen LogP contribution in [0.1, 0.15) is 32.1 Å². The molecule has 3 aliphatic heterocycles. The molecule has 4 N–H and O–H groups in total. The van der Waals surface area contributed by atoms with E-state index in [1.807, 2.05) is 10.6 Å². The van der Waals surface area contributed by atoms with E-state index in [0.29, 0.717) is 12.8 Å². The fourth-order valence-corrected chi connectivity index (χ4v) is 3.48. The Morgan fingerprint density at radius 3 is 1.79 bits per heavy atom. The molecule has 4 aliphatic rings. The lowest BCUT2D eigenvalue weighted by atomic mass is 9.95. The Kier molecular flexibility index (Phi) is 3.92. The van der Waals surface area contributed by atoms with Gasteiger partial charge < -0.3 is 4.74 Å². The molecule has 13 heteroatoms. The van der Waals surface area contributed by atoms with Crippen LogP contribution in [-0.2, 0) is 28.7 Å². The quantitative estimate of drug-likeness (QED) is 0.366. The van der Waals surface area contributed by atoms with Crippen molar-refractivity contribution >= 4 is 41.6 Å². The maximum absolute atomic E-state index is 12.6. The minimum Gasteiger partial charge on any atom is -0.428 e. The van der Waals surface area contributed by atoms with Crippen molar-refractivity contribution in [1.82, 2.24) is 21.3 Å². The van der Waals surface area contributed by atoms with Crippen molar-refractivity contribution in [1.29, 1.82) is 0 Å². The predicted molar refractivity (Wildman–Crippen MR) is 85.3 cm³/mol. The highest BCUT2D eigenvalue weighted by Gasteiger charge is 2.74. The minimum absolute atomic E-state index is 0.339. The summed E-state index contributed by atoms with van der Waals surface area (Å²) in [5.74, 6) is -8.62. The van der Waals surface area contributed by atoms with Gasteiger partial charge in [0, 0.05) is 0 Å². The normalized spacial score (nSPS) is 28.1. The average molecular weight is 393 g/mol. The maximum Gasteiger partial charge on any atom is 0.376 e. The number of barbiturate groups is 2. The van der Waals surface area contributed by atoms with Gasteiger partial charge in [0.05, 0.1) is 6.04 Å². The van der Waals surface area contributed by atoms with Crippen LogP contribution in [0.25, 0.3) is 0 Å². The molecule has 8 amide bonds. The summed E-state index contributed by atoms with van der Waals surface area (Å²) in [7, 11) is 0. The monoisotopic (exact) mass is 393 g/mol. The van der Waals surface area contributed by atoms with Crippen molar-refractivity contribution in [3.05, 3.63) is 0 Å². The van der Waals surface area contributed by atoms with Gasteiger partial charge in [0.1, 0.15) is 0 Å². The smallest absolute Gasteiger partial charge is 0.376 e. The molecule has 28 heavy (non-hydrogen) atoms. The number of ether oxygens (including phenoxy) is 2. The Morgan fingerprint density at radius 2 is 1.25 bits per heavy atom. The molecule has 0 radical (unpaired) electrons. The second-order valence-corrected chi connectivity index (χ2v) is 6.70. The van der Waals surface area contributed by atoms with E-state index in [1.165, 1.54) is 0 Å². The van der Waals surface area contributed by atoms with E-state index in [4.69, 9.17) is 9.47 Å². The van der Waals surface area contributed by atoms with Gasteiger partial charge in [-0.15, -0.1) is 0 Å². The number of carbonyl (C=O) groups excluding carboxylic acids is 6. The molecule has 0 aromatic carbocycles. The minimum atomic E-state index is -2.82. The molecule has 2 spiro atoms. The van der Waals surface area contributed by atoms with Crippen LogP contribution in [0.15, 0.2) is 4.99 Å². The molecule has 1 aliphatic carbocycles. The van der Waals surface area contributed by atoms with E-state index in [2.05, 4.69) is 4.99 Å². The first kappa shape index (κ1) is 18.0. The van der Waals surface area contributed by atoms with Gasteiger partial charge in [0.2, 0.25) is 5.90 Å². The third-order valence-electron chi connectivity index (χ3n) is 4.86. The second-order valence-electron chi connectivity index (χ2n) is 6.70. The number of hydrogen-bond donors (Lipinski definition) is 4. The molecule has 0 aromatic heterocycles. The number of imide groups is 4. The zero-order valence-corrected chi connectivity index (χ0v) is 14.3. The van der Waals surface area contributed by atoms with Crippen molar-refractivity contribution in [2.45, 2.75) is 49.5 Å². The van der Waals surface area contributed by atoms with E-state index in [0.717, 1.165) is 19.3 Å². The van der Waals surface area contributed by atoms with Crippen LogP contribution in [-0.4, -0.2) is 59.0 Å². The highest BCUT2D eigenvalue weighted by molar-refractivity contribution is 6.36. The summed E-state index contributed by atoms with van der Waals surface area (Å²) in [5, 5.41) is 7.25. The third-order valence-corrected chi connectivity index (χ3v) is 4.86. The van der Waals surface area contributed by atoms with Gasteiger partial charge in [-0.1, -0.05) is 19.3 Å². The molecule has 3 heterocycles. The van der Waals surface area contributed by atoms with Crippen molar-refractivity contribution in [2.75, 3.05) is 0 Å². The van der Waals surface area contributed by atoms with Gasteiger partial charge in [-0.3, -0.25) is 45.2 Å². The standard InChI is InChI=1S/C15H15N5O8/c21-7-14(8(22)18-12(25)17-7)11(16-6-4-2-1-3-5-6)27-15(28-14)9(23)19-13(26)20-10(15)24/h6H,1-5H2,(H2,17,18,21,22,25)(H2,19,20,23,24,26). The molecule has 0 atom stereocenters. The number of carbonyl (C=O) groups is 6. The first-order valence-electron chi connectivity index (χ1n) is 8.59. The number of amides is 8. The van der Waals surface area contributed by atoms with Gasteiger partial charge in [0.25, 0.3) is 11.8 Å². The van der Waals surface area contributed by atoms with E-state index < -0.39 is 53.0 Å². The Morgan fingerprint density at radius 1 is 0.750 bits per heavy atom. The number of nitrogens with one attached hydrogen (secondary N) is 4. The van der Waals surface area contributed by atoms with Gasteiger partial charge in [-0.2, -0.15) is 0 Å². The molecule has 0 unspecified atom stereocenters. The zero-order chi connectivity index (χ0) is 20.1.